The van der Waals surface area contributed by atoms with Crippen LogP contribution in [0, 0.1) is 5.92 Å². The molecule has 0 spiro atoms. The molecule has 1 saturated carbocycles. The zero-order valence-electron chi connectivity index (χ0n) is 10.7. The highest BCUT2D eigenvalue weighted by Gasteiger charge is 2.10. The van der Waals surface area contributed by atoms with Crippen molar-refractivity contribution in [3.63, 3.8) is 0 Å². The lowest BCUT2D eigenvalue weighted by atomic mass is 9.89. The molecule has 0 saturated heterocycles. The highest BCUT2D eigenvalue weighted by molar-refractivity contribution is 5.81. The first kappa shape index (κ1) is 12.9. The van der Waals surface area contributed by atoms with E-state index in [-0.39, 0.29) is 5.97 Å². The Balaban J connectivity index is 1.73. The number of esters is 1. The summed E-state index contributed by atoms with van der Waals surface area (Å²) in [7, 11) is 0. The Labute approximate surface area is 109 Å². The smallest absolute Gasteiger partial charge is 0.330 e. The highest BCUT2D eigenvalue weighted by atomic mass is 16.5. The predicted molar refractivity (Wildman–Crippen MR) is 72.0 cm³/mol. The maximum atomic E-state index is 11.5. The summed E-state index contributed by atoms with van der Waals surface area (Å²) in [5, 5.41) is 0. The maximum absolute atomic E-state index is 11.5. The molecule has 0 heterocycles. The molecule has 0 amide bonds. The molecule has 0 radical (unpaired) electrons. The monoisotopic (exact) mass is 244 g/mol. The molecule has 2 heteroatoms. The Kier molecular flexibility index (Phi) is 5.00. The van der Waals surface area contributed by atoms with Crippen molar-refractivity contribution in [1.82, 2.24) is 0 Å². The lowest BCUT2D eigenvalue weighted by molar-refractivity contribution is -0.139. The van der Waals surface area contributed by atoms with Gasteiger partial charge in [-0.1, -0.05) is 55.7 Å². The van der Waals surface area contributed by atoms with Crippen LogP contribution in [0.4, 0.5) is 0 Å². The largest absolute Gasteiger partial charge is 0.458 e. The Morgan fingerprint density at radius 2 is 1.89 bits per heavy atom. The summed E-state index contributed by atoms with van der Waals surface area (Å²) in [6.07, 6.45) is 9.95. The molecule has 0 atom stereocenters. The Hall–Kier alpha value is -1.57. The van der Waals surface area contributed by atoms with E-state index in [0.29, 0.717) is 12.5 Å². The number of benzene rings is 1. The van der Waals surface area contributed by atoms with Crippen LogP contribution in [-0.4, -0.2) is 5.97 Å². The first-order chi connectivity index (χ1) is 8.84. The van der Waals surface area contributed by atoms with Crippen LogP contribution in [0.5, 0.6) is 0 Å². The molecule has 1 aliphatic rings. The van der Waals surface area contributed by atoms with Gasteiger partial charge in [0.15, 0.2) is 0 Å². The summed E-state index contributed by atoms with van der Waals surface area (Å²) < 4.78 is 5.19. The van der Waals surface area contributed by atoms with E-state index in [4.69, 9.17) is 4.74 Å². The summed E-state index contributed by atoms with van der Waals surface area (Å²) >= 11 is 0. The summed E-state index contributed by atoms with van der Waals surface area (Å²) in [5.74, 6) is 0.340. The van der Waals surface area contributed by atoms with Gasteiger partial charge in [-0.15, -0.1) is 0 Å². The molecule has 1 aromatic carbocycles. The average Bonchev–Trinajstić information content (AvgIpc) is 2.45. The van der Waals surface area contributed by atoms with Crippen molar-refractivity contribution in [1.29, 1.82) is 0 Å². The molecule has 1 aromatic rings. The van der Waals surface area contributed by atoms with Gasteiger partial charge in [0, 0.05) is 6.08 Å². The van der Waals surface area contributed by atoms with E-state index in [0.717, 1.165) is 5.56 Å². The van der Waals surface area contributed by atoms with Gasteiger partial charge in [0.05, 0.1) is 0 Å². The molecule has 0 bridgehead atoms. The second-order valence-corrected chi connectivity index (χ2v) is 4.85. The normalized spacial score (nSPS) is 16.9. The first-order valence-corrected chi connectivity index (χ1v) is 6.73. The SMILES string of the molecule is O=C(/C=C/C1CCCCC1)OCc1ccccc1. The van der Waals surface area contributed by atoms with Gasteiger partial charge in [-0.05, 0) is 24.3 Å². The minimum atomic E-state index is -0.232. The number of allylic oxidation sites excluding steroid dienone is 1. The second-order valence-electron chi connectivity index (χ2n) is 4.85. The van der Waals surface area contributed by atoms with E-state index < -0.39 is 0 Å². The van der Waals surface area contributed by atoms with E-state index >= 15 is 0 Å². The highest BCUT2D eigenvalue weighted by Crippen LogP contribution is 2.24. The third-order valence-corrected chi connectivity index (χ3v) is 3.38. The zero-order valence-corrected chi connectivity index (χ0v) is 10.7. The van der Waals surface area contributed by atoms with E-state index in [1.54, 1.807) is 6.08 Å². The molecule has 2 nitrogen and oxygen atoms in total. The fourth-order valence-corrected chi connectivity index (χ4v) is 2.32. The molecule has 0 aromatic heterocycles. The van der Waals surface area contributed by atoms with Gasteiger partial charge < -0.3 is 4.74 Å². The molecule has 0 aliphatic heterocycles. The van der Waals surface area contributed by atoms with Gasteiger partial charge >= 0.3 is 5.97 Å². The van der Waals surface area contributed by atoms with Gasteiger partial charge in [0.2, 0.25) is 0 Å². The molecule has 2 rings (SSSR count). The van der Waals surface area contributed by atoms with Gasteiger partial charge in [-0.3, -0.25) is 0 Å². The topological polar surface area (TPSA) is 26.3 Å². The van der Waals surface area contributed by atoms with Crippen molar-refractivity contribution in [3.05, 3.63) is 48.0 Å². The maximum Gasteiger partial charge on any atom is 0.330 e. The number of hydrogen-bond acceptors (Lipinski definition) is 2. The summed E-state index contributed by atoms with van der Waals surface area (Å²) in [5.41, 5.74) is 1.02. The number of hydrogen-bond donors (Lipinski definition) is 0. The molecular formula is C16H20O2. The van der Waals surface area contributed by atoms with Crippen LogP contribution in [0.3, 0.4) is 0 Å². The summed E-state index contributed by atoms with van der Waals surface area (Å²) in [6, 6.07) is 9.76. The fraction of sp³-hybridized carbons (Fsp3) is 0.438. The van der Waals surface area contributed by atoms with Gasteiger partial charge in [-0.25, -0.2) is 4.79 Å². The van der Waals surface area contributed by atoms with E-state index in [9.17, 15) is 4.79 Å². The van der Waals surface area contributed by atoms with Gasteiger partial charge in [-0.2, -0.15) is 0 Å². The van der Waals surface area contributed by atoms with Gasteiger partial charge in [0.25, 0.3) is 0 Å². The Morgan fingerprint density at radius 3 is 2.61 bits per heavy atom. The van der Waals surface area contributed by atoms with Crippen molar-refractivity contribution in [2.24, 2.45) is 5.92 Å². The molecule has 18 heavy (non-hydrogen) atoms. The van der Waals surface area contributed by atoms with E-state index in [1.165, 1.54) is 32.1 Å². The number of carbonyl (C=O) groups excluding carboxylic acids is 1. The lowest BCUT2D eigenvalue weighted by Gasteiger charge is -2.17. The minimum Gasteiger partial charge on any atom is -0.458 e. The minimum absolute atomic E-state index is 0.232. The number of ether oxygens (including phenoxy) is 1. The van der Waals surface area contributed by atoms with Crippen LogP contribution in [0.15, 0.2) is 42.5 Å². The van der Waals surface area contributed by atoms with Crippen LogP contribution in [-0.2, 0) is 16.1 Å². The van der Waals surface area contributed by atoms with Crippen molar-refractivity contribution >= 4 is 5.97 Å². The molecule has 0 unspecified atom stereocenters. The summed E-state index contributed by atoms with van der Waals surface area (Å²) in [6.45, 7) is 0.356. The molecule has 96 valence electrons. The Morgan fingerprint density at radius 1 is 1.17 bits per heavy atom. The molecule has 1 aliphatic carbocycles. The molecule has 0 N–H and O–H groups in total. The summed E-state index contributed by atoms with van der Waals surface area (Å²) in [4.78, 5) is 11.5. The first-order valence-electron chi connectivity index (χ1n) is 6.73. The van der Waals surface area contributed by atoms with Gasteiger partial charge in [0.1, 0.15) is 6.61 Å². The van der Waals surface area contributed by atoms with Crippen molar-refractivity contribution in [2.75, 3.05) is 0 Å². The van der Waals surface area contributed by atoms with Crippen LogP contribution in [0.1, 0.15) is 37.7 Å². The fourth-order valence-electron chi connectivity index (χ4n) is 2.32. The second kappa shape index (κ2) is 7.00. The number of rotatable bonds is 4. The third-order valence-electron chi connectivity index (χ3n) is 3.38. The van der Waals surface area contributed by atoms with Crippen LogP contribution in [0.2, 0.25) is 0 Å². The van der Waals surface area contributed by atoms with Crippen molar-refractivity contribution in [2.45, 2.75) is 38.7 Å². The lowest BCUT2D eigenvalue weighted by Crippen LogP contribution is -2.05. The molecule has 1 fully saturated rings. The number of carbonyl (C=O) groups is 1. The van der Waals surface area contributed by atoms with Crippen molar-refractivity contribution < 1.29 is 9.53 Å². The quantitative estimate of drug-likeness (QED) is 0.593. The zero-order chi connectivity index (χ0) is 12.6. The van der Waals surface area contributed by atoms with Crippen molar-refractivity contribution in [3.8, 4) is 0 Å². The molecular weight excluding hydrogens is 224 g/mol. The Bertz CT molecular complexity index is 389. The average molecular weight is 244 g/mol. The third kappa shape index (κ3) is 4.36. The van der Waals surface area contributed by atoms with E-state index in [2.05, 4.69) is 0 Å². The predicted octanol–water partition coefficient (Wildman–Crippen LogP) is 3.87. The van der Waals surface area contributed by atoms with Crippen LogP contribution in [0.25, 0.3) is 0 Å². The standard InChI is InChI=1S/C16H20O2/c17-16(12-11-14-7-3-1-4-8-14)18-13-15-9-5-2-6-10-15/h2,5-6,9-12,14H,1,3-4,7-8,13H2/b12-11+. The van der Waals surface area contributed by atoms with Crippen LogP contribution >= 0.6 is 0 Å². The van der Waals surface area contributed by atoms with E-state index in [1.807, 2.05) is 36.4 Å². The van der Waals surface area contributed by atoms with Crippen LogP contribution < -0.4 is 0 Å².